The third kappa shape index (κ3) is 5.11. The van der Waals surface area contributed by atoms with Gasteiger partial charge >= 0.3 is 0 Å². The second-order valence-electron chi connectivity index (χ2n) is 5.10. The Hall–Kier alpha value is -2.30. The molecular weight excluding hydrogens is 326 g/mol. The number of amides is 1. The van der Waals surface area contributed by atoms with Crippen molar-refractivity contribution in [3.8, 4) is 5.75 Å². The molecule has 0 heterocycles. The van der Waals surface area contributed by atoms with E-state index in [0.29, 0.717) is 11.6 Å². The van der Waals surface area contributed by atoms with Gasteiger partial charge in [0.25, 0.3) is 0 Å². The first-order chi connectivity index (χ1) is 11.6. The summed E-state index contributed by atoms with van der Waals surface area (Å²) in [6.07, 6.45) is 2.89. The molecule has 0 saturated heterocycles. The number of carbonyl (C=O) groups excluding carboxylic acids is 1. The number of methoxy groups -OCH3 is 2. The van der Waals surface area contributed by atoms with E-state index in [0.717, 1.165) is 16.9 Å². The van der Waals surface area contributed by atoms with Crippen LogP contribution in [-0.2, 0) is 9.53 Å². The van der Waals surface area contributed by atoms with E-state index in [1.165, 1.54) is 6.08 Å². The summed E-state index contributed by atoms with van der Waals surface area (Å²) < 4.78 is 10.7. The fraction of sp³-hybridized carbons (Fsp3) is 0.211. The Morgan fingerprint density at radius 1 is 1.21 bits per heavy atom. The highest BCUT2D eigenvalue weighted by Crippen LogP contribution is 2.21. The fourth-order valence-electron chi connectivity index (χ4n) is 2.21. The number of rotatable bonds is 7. The summed E-state index contributed by atoms with van der Waals surface area (Å²) in [5.41, 5.74) is 1.73. The lowest BCUT2D eigenvalue weighted by molar-refractivity contribution is -0.117. The van der Waals surface area contributed by atoms with Crippen LogP contribution in [0.4, 0.5) is 0 Å². The fourth-order valence-corrected chi connectivity index (χ4v) is 2.41. The largest absolute Gasteiger partial charge is 0.497 e. The summed E-state index contributed by atoms with van der Waals surface area (Å²) in [4.78, 5) is 12.0. The van der Waals surface area contributed by atoms with E-state index in [1.807, 2.05) is 42.5 Å². The minimum absolute atomic E-state index is 0.208. The smallest absolute Gasteiger partial charge is 0.244 e. The van der Waals surface area contributed by atoms with Crippen molar-refractivity contribution in [2.75, 3.05) is 20.8 Å². The van der Waals surface area contributed by atoms with E-state index in [4.69, 9.17) is 21.1 Å². The van der Waals surface area contributed by atoms with E-state index >= 15 is 0 Å². The molecule has 24 heavy (non-hydrogen) atoms. The summed E-state index contributed by atoms with van der Waals surface area (Å²) in [7, 11) is 3.22. The highest BCUT2D eigenvalue weighted by Gasteiger charge is 2.12. The van der Waals surface area contributed by atoms with Crippen LogP contribution in [0.25, 0.3) is 6.08 Å². The number of hydrogen-bond donors (Lipinski definition) is 1. The molecule has 1 amide bonds. The van der Waals surface area contributed by atoms with Crippen molar-refractivity contribution < 1.29 is 14.3 Å². The summed E-state index contributed by atoms with van der Waals surface area (Å²) in [5.74, 6) is 0.541. The Bertz CT molecular complexity index is 715. The van der Waals surface area contributed by atoms with Gasteiger partial charge in [-0.15, -0.1) is 0 Å². The minimum atomic E-state index is -0.252. The number of carbonyl (C=O) groups is 1. The molecule has 2 aromatic carbocycles. The lowest BCUT2D eigenvalue weighted by Crippen LogP contribution is -2.27. The lowest BCUT2D eigenvalue weighted by atomic mass is 10.1. The molecule has 0 aliphatic rings. The van der Waals surface area contributed by atoms with Crippen molar-refractivity contribution in [3.05, 3.63) is 70.8 Å². The molecule has 0 fully saturated rings. The van der Waals surface area contributed by atoms with Crippen LogP contribution in [0.1, 0.15) is 17.2 Å². The molecule has 2 aromatic rings. The van der Waals surface area contributed by atoms with Gasteiger partial charge in [0.05, 0.1) is 13.2 Å². The molecule has 126 valence electrons. The SMILES string of the molecule is COc1cccc([C@@H](CNC(=O)/C=C/c2ccccc2Cl)OC)c1. The highest BCUT2D eigenvalue weighted by atomic mass is 35.5. The second kappa shape index (κ2) is 9.11. The van der Waals surface area contributed by atoms with Crippen LogP contribution in [0.2, 0.25) is 5.02 Å². The Morgan fingerprint density at radius 3 is 2.71 bits per heavy atom. The molecule has 0 bridgehead atoms. The first-order valence-corrected chi connectivity index (χ1v) is 7.89. The van der Waals surface area contributed by atoms with Gasteiger partial charge in [-0.05, 0) is 35.4 Å². The lowest BCUT2D eigenvalue weighted by Gasteiger charge is -2.16. The number of ether oxygens (including phenoxy) is 2. The standard InChI is InChI=1S/C19H20ClNO3/c1-23-16-8-5-7-15(12-16)18(24-2)13-21-19(22)11-10-14-6-3-4-9-17(14)20/h3-12,18H,13H2,1-2H3,(H,21,22)/b11-10+/t18-/m1/s1. The molecule has 0 aliphatic heterocycles. The Balaban J connectivity index is 1.95. The molecule has 0 unspecified atom stereocenters. The predicted octanol–water partition coefficient (Wildman–Crippen LogP) is 3.87. The van der Waals surface area contributed by atoms with Gasteiger partial charge in [0.1, 0.15) is 5.75 Å². The number of nitrogens with one attached hydrogen (secondary N) is 1. The van der Waals surface area contributed by atoms with Crippen LogP contribution in [0.3, 0.4) is 0 Å². The van der Waals surface area contributed by atoms with Crippen LogP contribution in [-0.4, -0.2) is 26.7 Å². The molecule has 0 spiro atoms. The molecule has 0 aromatic heterocycles. The van der Waals surface area contributed by atoms with E-state index in [9.17, 15) is 4.79 Å². The van der Waals surface area contributed by atoms with Crippen LogP contribution >= 0.6 is 11.6 Å². The second-order valence-corrected chi connectivity index (χ2v) is 5.51. The van der Waals surface area contributed by atoms with Crippen LogP contribution in [0.5, 0.6) is 5.75 Å². The van der Waals surface area contributed by atoms with Crippen molar-refractivity contribution in [2.45, 2.75) is 6.10 Å². The van der Waals surface area contributed by atoms with Gasteiger partial charge in [-0.3, -0.25) is 4.79 Å². The van der Waals surface area contributed by atoms with E-state index in [-0.39, 0.29) is 12.0 Å². The quantitative estimate of drug-likeness (QED) is 0.775. The maximum absolute atomic E-state index is 12.0. The molecule has 0 aliphatic carbocycles. The first kappa shape index (κ1) is 18.0. The third-order valence-corrected chi connectivity index (χ3v) is 3.88. The van der Waals surface area contributed by atoms with Gasteiger partial charge < -0.3 is 14.8 Å². The molecule has 2 rings (SSSR count). The Kier molecular flexibility index (Phi) is 6.85. The van der Waals surface area contributed by atoms with E-state index in [1.54, 1.807) is 26.4 Å². The predicted molar refractivity (Wildman–Crippen MR) is 96.2 cm³/mol. The zero-order valence-corrected chi connectivity index (χ0v) is 14.4. The molecular formula is C19H20ClNO3. The van der Waals surface area contributed by atoms with E-state index < -0.39 is 0 Å². The highest BCUT2D eigenvalue weighted by molar-refractivity contribution is 6.32. The molecule has 0 saturated carbocycles. The zero-order chi connectivity index (χ0) is 17.4. The average Bonchev–Trinajstić information content (AvgIpc) is 2.61. The Morgan fingerprint density at radius 2 is 2.00 bits per heavy atom. The van der Waals surface area contributed by atoms with Crippen LogP contribution in [0, 0.1) is 0 Å². The van der Waals surface area contributed by atoms with Gasteiger partial charge in [0.2, 0.25) is 5.91 Å². The van der Waals surface area contributed by atoms with Crippen molar-refractivity contribution >= 4 is 23.6 Å². The van der Waals surface area contributed by atoms with Crippen molar-refractivity contribution in [1.29, 1.82) is 0 Å². The monoisotopic (exact) mass is 345 g/mol. The average molecular weight is 346 g/mol. The van der Waals surface area contributed by atoms with Crippen molar-refractivity contribution in [1.82, 2.24) is 5.32 Å². The molecule has 0 radical (unpaired) electrons. The minimum Gasteiger partial charge on any atom is -0.497 e. The van der Waals surface area contributed by atoms with Gasteiger partial charge in [0.15, 0.2) is 0 Å². The van der Waals surface area contributed by atoms with Crippen LogP contribution < -0.4 is 10.1 Å². The zero-order valence-electron chi connectivity index (χ0n) is 13.7. The topological polar surface area (TPSA) is 47.6 Å². The third-order valence-electron chi connectivity index (χ3n) is 3.53. The van der Waals surface area contributed by atoms with Crippen molar-refractivity contribution in [2.24, 2.45) is 0 Å². The first-order valence-electron chi connectivity index (χ1n) is 7.51. The summed E-state index contributed by atoms with van der Waals surface area (Å²) in [6, 6.07) is 14.9. The Labute approximate surface area is 147 Å². The summed E-state index contributed by atoms with van der Waals surface area (Å²) in [5, 5.41) is 3.43. The van der Waals surface area contributed by atoms with Crippen LogP contribution in [0.15, 0.2) is 54.6 Å². The summed E-state index contributed by atoms with van der Waals surface area (Å²) in [6.45, 7) is 0.357. The van der Waals surface area contributed by atoms with Gasteiger partial charge in [-0.2, -0.15) is 0 Å². The van der Waals surface area contributed by atoms with Gasteiger partial charge in [-0.25, -0.2) is 0 Å². The maximum Gasteiger partial charge on any atom is 0.244 e. The maximum atomic E-state index is 12.0. The normalized spacial score (nSPS) is 12.1. The number of hydrogen-bond acceptors (Lipinski definition) is 3. The molecule has 4 nitrogen and oxygen atoms in total. The number of benzene rings is 2. The van der Waals surface area contributed by atoms with E-state index in [2.05, 4.69) is 5.32 Å². The van der Waals surface area contributed by atoms with Crippen molar-refractivity contribution in [3.63, 3.8) is 0 Å². The van der Waals surface area contributed by atoms with Gasteiger partial charge in [-0.1, -0.05) is 41.9 Å². The molecule has 1 atom stereocenters. The van der Waals surface area contributed by atoms with Gasteiger partial charge in [0, 0.05) is 24.8 Å². The summed E-state index contributed by atoms with van der Waals surface area (Å²) >= 11 is 6.05. The molecule has 5 heteroatoms. The molecule has 1 N–H and O–H groups in total. The number of halogens is 1.